The summed E-state index contributed by atoms with van der Waals surface area (Å²) >= 11 is 0. The number of carbonyl (C=O) groups excluding carboxylic acids is 1. The summed E-state index contributed by atoms with van der Waals surface area (Å²) in [5.41, 5.74) is 2.18. The normalized spacial score (nSPS) is 15.3. The molecule has 0 spiro atoms. The van der Waals surface area contributed by atoms with E-state index in [1.54, 1.807) is 41.6 Å². The largest absolute Gasteiger partial charge is 0.449 e. The SMILES string of the molecule is CC(C)COC(=O)N1CCC(OCc2cnc(-c3ccc(S(C)(=O)=O)cc3)cn2)CC1. The van der Waals surface area contributed by atoms with Gasteiger partial charge in [-0.1, -0.05) is 26.0 Å². The maximum absolute atomic E-state index is 12.0. The molecule has 1 amide bonds. The van der Waals surface area contributed by atoms with Crippen molar-refractivity contribution in [2.75, 3.05) is 26.0 Å². The molecule has 0 unspecified atom stereocenters. The molecule has 1 aliphatic heterocycles. The number of sulfone groups is 1. The van der Waals surface area contributed by atoms with E-state index >= 15 is 0 Å². The highest BCUT2D eigenvalue weighted by atomic mass is 32.2. The number of hydrogen-bond acceptors (Lipinski definition) is 7. The van der Waals surface area contributed by atoms with Crippen LogP contribution in [0.4, 0.5) is 4.79 Å². The van der Waals surface area contributed by atoms with Crippen LogP contribution in [0.3, 0.4) is 0 Å². The lowest BCUT2D eigenvalue weighted by molar-refractivity contribution is -0.00539. The summed E-state index contributed by atoms with van der Waals surface area (Å²) in [6.45, 7) is 6.05. The smallest absolute Gasteiger partial charge is 0.409 e. The first-order chi connectivity index (χ1) is 14.7. The molecule has 0 radical (unpaired) electrons. The Morgan fingerprint density at radius 2 is 1.81 bits per heavy atom. The average molecular weight is 448 g/mol. The van der Waals surface area contributed by atoms with Crippen molar-refractivity contribution in [1.29, 1.82) is 0 Å². The number of piperidine rings is 1. The summed E-state index contributed by atoms with van der Waals surface area (Å²) in [5, 5.41) is 0. The number of aromatic nitrogens is 2. The van der Waals surface area contributed by atoms with Crippen molar-refractivity contribution in [2.24, 2.45) is 5.92 Å². The molecule has 1 aromatic heterocycles. The first-order valence-corrected chi connectivity index (χ1v) is 12.3. The summed E-state index contributed by atoms with van der Waals surface area (Å²) in [6, 6.07) is 6.57. The van der Waals surface area contributed by atoms with Crippen LogP contribution in [0.1, 0.15) is 32.4 Å². The van der Waals surface area contributed by atoms with Gasteiger partial charge in [0.15, 0.2) is 9.84 Å². The van der Waals surface area contributed by atoms with E-state index < -0.39 is 9.84 Å². The average Bonchev–Trinajstić information content (AvgIpc) is 2.76. The number of amides is 1. The van der Waals surface area contributed by atoms with Crippen molar-refractivity contribution >= 4 is 15.9 Å². The molecular formula is C22H29N3O5S. The number of benzene rings is 1. The quantitative estimate of drug-likeness (QED) is 0.642. The number of likely N-dealkylation sites (tertiary alicyclic amines) is 1. The zero-order chi connectivity index (χ0) is 22.4. The molecule has 1 aliphatic rings. The van der Waals surface area contributed by atoms with Crippen LogP contribution >= 0.6 is 0 Å². The number of rotatable bonds is 7. The van der Waals surface area contributed by atoms with Gasteiger partial charge < -0.3 is 14.4 Å². The van der Waals surface area contributed by atoms with Crippen LogP contribution in [0.2, 0.25) is 0 Å². The molecule has 31 heavy (non-hydrogen) atoms. The van der Waals surface area contributed by atoms with Crippen molar-refractivity contribution in [1.82, 2.24) is 14.9 Å². The molecule has 1 fully saturated rings. The highest BCUT2D eigenvalue weighted by Crippen LogP contribution is 2.20. The zero-order valence-electron chi connectivity index (χ0n) is 18.2. The Morgan fingerprint density at radius 1 is 1.13 bits per heavy atom. The number of hydrogen-bond donors (Lipinski definition) is 0. The van der Waals surface area contributed by atoms with E-state index in [0.717, 1.165) is 24.1 Å². The van der Waals surface area contributed by atoms with E-state index in [1.165, 1.54) is 6.26 Å². The van der Waals surface area contributed by atoms with Gasteiger partial charge in [-0.05, 0) is 30.9 Å². The molecule has 2 heterocycles. The lowest BCUT2D eigenvalue weighted by Crippen LogP contribution is -2.41. The molecule has 3 rings (SSSR count). The van der Waals surface area contributed by atoms with Crippen molar-refractivity contribution < 1.29 is 22.7 Å². The van der Waals surface area contributed by atoms with Crippen molar-refractivity contribution in [2.45, 2.75) is 44.3 Å². The molecular weight excluding hydrogens is 418 g/mol. The van der Waals surface area contributed by atoms with Gasteiger partial charge in [0, 0.05) is 24.9 Å². The third-order valence-electron chi connectivity index (χ3n) is 4.99. The fraction of sp³-hybridized carbons (Fsp3) is 0.500. The predicted octanol–water partition coefficient (Wildman–Crippen LogP) is 3.32. The molecule has 0 saturated carbocycles. The standard InChI is InChI=1S/C22H29N3O5S/c1-16(2)14-30-22(26)25-10-8-19(9-11-25)29-15-18-12-24-21(13-23-18)17-4-6-20(7-5-17)31(3,27)28/h4-7,12-13,16,19H,8-11,14-15H2,1-3H3. The van der Waals surface area contributed by atoms with Gasteiger partial charge in [0.1, 0.15) is 0 Å². The van der Waals surface area contributed by atoms with Crippen LogP contribution in [0, 0.1) is 5.92 Å². The highest BCUT2D eigenvalue weighted by Gasteiger charge is 2.24. The van der Waals surface area contributed by atoms with Gasteiger partial charge in [-0.25, -0.2) is 13.2 Å². The monoisotopic (exact) mass is 447 g/mol. The molecule has 9 heteroatoms. The van der Waals surface area contributed by atoms with Gasteiger partial charge in [0.05, 0.1) is 48.0 Å². The van der Waals surface area contributed by atoms with Gasteiger partial charge in [-0.15, -0.1) is 0 Å². The minimum absolute atomic E-state index is 0.0687. The second-order valence-corrected chi connectivity index (χ2v) is 10.2. The molecule has 8 nitrogen and oxygen atoms in total. The fourth-order valence-corrected chi connectivity index (χ4v) is 3.82. The molecule has 0 N–H and O–H groups in total. The Labute approximate surface area is 183 Å². The maximum Gasteiger partial charge on any atom is 0.409 e. The second-order valence-electron chi connectivity index (χ2n) is 8.16. The minimum Gasteiger partial charge on any atom is -0.449 e. The van der Waals surface area contributed by atoms with Crippen LogP contribution < -0.4 is 0 Å². The molecule has 168 valence electrons. The topological polar surface area (TPSA) is 98.7 Å². The van der Waals surface area contributed by atoms with Gasteiger partial charge in [0.25, 0.3) is 0 Å². The summed E-state index contributed by atoms with van der Waals surface area (Å²) < 4.78 is 34.4. The van der Waals surface area contributed by atoms with Gasteiger partial charge in [-0.3, -0.25) is 9.97 Å². The highest BCUT2D eigenvalue weighted by molar-refractivity contribution is 7.90. The molecule has 2 aromatic rings. The Hall–Kier alpha value is -2.52. The fourth-order valence-electron chi connectivity index (χ4n) is 3.19. The molecule has 0 bridgehead atoms. The lowest BCUT2D eigenvalue weighted by Gasteiger charge is -2.31. The Balaban J connectivity index is 1.46. The number of nitrogens with zero attached hydrogens (tertiary/aromatic N) is 3. The van der Waals surface area contributed by atoms with E-state index in [1.807, 2.05) is 13.8 Å². The summed E-state index contributed by atoms with van der Waals surface area (Å²) in [5.74, 6) is 0.323. The predicted molar refractivity (Wildman–Crippen MR) is 116 cm³/mol. The Morgan fingerprint density at radius 3 is 2.35 bits per heavy atom. The van der Waals surface area contributed by atoms with Crippen molar-refractivity contribution in [3.8, 4) is 11.3 Å². The second kappa shape index (κ2) is 10.2. The Bertz CT molecular complexity index is 967. The van der Waals surface area contributed by atoms with E-state index in [2.05, 4.69) is 9.97 Å². The van der Waals surface area contributed by atoms with E-state index in [4.69, 9.17) is 9.47 Å². The lowest BCUT2D eigenvalue weighted by atomic mass is 10.1. The van der Waals surface area contributed by atoms with Gasteiger partial charge in [0.2, 0.25) is 0 Å². The van der Waals surface area contributed by atoms with Gasteiger partial charge in [-0.2, -0.15) is 0 Å². The zero-order valence-corrected chi connectivity index (χ0v) is 19.0. The minimum atomic E-state index is -3.22. The first-order valence-electron chi connectivity index (χ1n) is 10.4. The molecule has 0 atom stereocenters. The van der Waals surface area contributed by atoms with Crippen LogP contribution in [0.15, 0.2) is 41.6 Å². The summed E-state index contributed by atoms with van der Waals surface area (Å²) in [4.78, 5) is 22.8. The van der Waals surface area contributed by atoms with Crippen LogP contribution in [0.25, 0.3) is 11.3 Å². The molecule has 0 aliphatic carbocycles. The van der Waals surface area contributed by atoms with Gasteiger partial charge >= 0.3 is 6.09 Å². The molecule has 1 aromatic carbocycles. The number of ether oxygens (including phenoxy) is 2. The van der Waals surface area contributed by atoms with Crippen LogP contribution in [-0.2, 0) is 25.9 Å². The van der Waals surface area contributed by atoms with Crippen LogP contribution in [-0.4, -0.2) is 61.4 Å². The Kier molecular flexibility index (Phi) is 7.61. The van der Waals surface area contributed by atoms with E-state index in [9.17, 15) is 13.2 Å². The van der Waals surface area contributed by atoms with Crippen LogP contribution in [0.5, 0.6) is 0 Å². The summed E-state index contributed by atoms with van der Waals surface area (Å²) in [6.07, 6.45) is 5.83. The third kappa shape index (κ3) is 6.73. The van der Waals surface area contributed by atoms with E-state index in [0.29, 0.717) is 37.9 Å². The first kappa shape index (κ1) is 23.1. The maximum atomic E-state index is 12.0. The van der Waals surface area contributed by atoms with E-state index in [-0.39, 0.29) is 17.1 Å². The molecule has 1 saturated heterocycles. The van der Waals surface area contributed by atoms with Crippen molar-refractivity contribution in [3.05, 3.63) is 42.4 Å². The number of carbonyl (C=O) groups is 1. The van der Waals surface area contributed by atoms with Crippen molar-refractivity contribution in [3.63, 3.8) is 0 Å². The third-order valence-corrected chi connectivity index (χ3v) is 6.12. The summed E-state index contributed by atoms with van der Waals surface area (Å²) in [7, 11) is -3.22.